The fourth-order valence-electron chi connectivity index (χ4n) is 2.32. The van der Waals surface area contributed by atoms with Crippen LogP contribution in [0.4, 0.5) is 15.8 Å². The molecule has 118 valence electrons. The molecule has 0 saturated heterocycles. The van der Waals surface area contributed by atoms with E-state index in [2.05, 4.69) is 10.6 Å². The van der Waals surface area contributed by atoms with E-state index < -0.39 is 11.2 Å². The molecule has 2 atom stereocenters. The van der Waals surface area contributed by atoms with Crippen LogP contribution in [0.15, 0.2) is 53.4 Å². The van der Waals surface area contributed by atoms with Gasteiger partial charge in [0.15, 0.2) is 0 Å². The van der Waals surface area contributed by atoms with Crippen molar-refractivity contribution in [2.75, 3.05) is 10.6 Å². The Hall–Kier alpha value is -2.34. The highest BCUT2D eigenvalue weighted by molar-refractivity contribution is 8.01. The first kappa shape index (κ1) is 15.6. The number of thioether (sulfide) groups is 1. The van der Waals surface area contributed by atoms with E-state index in [9.17, 15) is 14.0 Å². The molecule has 0 bridgehead atoms. The van der Waals surface area contributed by atoms with Crippen molar-refractivity contribution in [1.82, 2.24) is 0 Å². The number of fused-ring (bicyclic) bond motifs is 1. The molecule has 2 N–H and O–H groups in total. The zero-order valence-electron chi connectivity index (χ0n) is 12.4. The molecule has 0 aliphatic carbocycles. The molecule has 2 unspecified atom stereocenters. The van der Waals surface area contributed by atoms with Crippen LogP contribution in [-0.2, 0) is 9.59 Å². The number of benzene rings is 2. The van der Waals surface area contributed by atoms with Crippen LogP contribution in [0.3, 0.4) is 0 Å². The van der Waals surface area contributed by atoms with Crippen LogP contribution < -0.4 is 10.6 Å². The lowest BCUT2D eigenvalue weighted by molar-refractivity contribution is -0.123. The van der Waals surface area contributed by atoms with E-state index in [1.165, 1.54) is 36.0 Å². The Morgan fingerprint density at radius 3 is 2.65 bits per heavy atom. The van der Waals surface area contributed by atoms with Gasteiger partial charge in [0.25, 0.3) is 0 Å². The van der Waals surface area contributed by atoms with Crippen molar-refractivity contribution >= 4 is 35.0 Å². The van der Waals surface area contributed by atoms with Crippen molar-refractivity contribution in [1.29, 1.82) is 0 Å². The summed E-state index contributed by atoms with van der Waals surface area (Å²) in [4.78, 5) is 25.5. The second kappa shape index (κ2) is 6.42. The summed E-state index contributed by atoms with van der Waals surface area (Å²) in [5, 5.41) is 5.03. The van der Waals surface area contributed by atoms with Gasteiger partial charge >= 0.3 is 0 Å². The molecule has 0 saturated carbocycles. The van der Waals surface area contributed by atoms with E-state index in [-0.39, 0.29) is 17.6 Å². The first-order valence-electron chi connectivity index (χ1n) is 7.17. The zero-order chi connectivity index (χ0) is 16.4. The average Bonchev–Trinajstić information content (AvgIpc) is 2.55. The van der Waals surface area contributed by atoms with Gasteiger partial charge in [-0.3, -0.25) is 9.59 Å². The van der Waals surface area contributed by atoms with Crippen LogP contribution in [0, 0.1) is 11.7 Å². The minimum Gasteiger partial charge on any atom is -0.326 e. The van der Waals surface area contributed by atoms with Crippen LogP contribution in [-0.4, -0.2) is 17.1 Å². The highest BCUT2D eigenvalue weighted by Crippen LogP contribution is 2.38. The molecule has 2 aromatic carbocycles. The lowest BCUT2D eigenvalue weighted by Gasteiger charge is -2.27. The maximum Gasteiger partial charge on any atom is 0.238 e. The number of amides is 2. The number of hydrogen-bond acceptors (Lipinski definition) is 3. The van der Waals surface area contributed by atoms with Crippen molar-refractivity contribution in [2.24, 2.45) is 5.92 Å². The van der Waals surface area contributed by atoms with Crippen molar-refractivity contribution in [2.45, 2.75) is 17.1 Å². The van der Waals surface area contributed by atoms with Crippen molar-refractivity contribution < 1.29 is 14.0 Å². The number of anilines is 2. The number of halogens is 1. The number of para-hydroxylation sites is 1. The zero-order valence-corrected chi connectivity index (χ0v) is 13.2. The Morgan fingerprint density at radius 1 is 1.22 bits per heavy atom. The largest absolute Gasteiger partial charge is 0.326 e. The van der Waals surface area contributed by atoms with E-state index in [0.717, 1.165) is 10.6 Å². The maximum atomic E-state index is 12.9. The van der Waals surface area contributed by atoms with E-state index in [1.54, 1.807) is 6.92 Å². The topological polar surface area (TPSA) is 58.2 Å². The summed E-state index contributed by atoms with van der Waals surface area (Å²) in [5.74, 6) is -1.35. The van der Waals surface area contributed by atoms with Gasteiger partial charge < -0.3 is 10.6 Å². The quantitative estimate of drug-likeness (QED) is 0.905. The van der Waals surface area contributed by atoms with Crippen LogP contribution in [0.25, 0.3) is 0 Å². The fourth-order valence-corrected chi connectivity index (χ4v) is 3.49. The predicted octanol–water partition coefficient (Wildman–Crippen LogP) is 3.51. The van der Waals surface area contributed by atoms with Crippen LogP contribution >= 0.6 is 11.8 Å². The van der Waals surface area contributed by atoms with Gasteiger partial charge in [-0.1, -0.05) is 19.1 Å². The number of carbonyl (C=O) groups is 2. The van der Waals surface area contributed by atoms with E-state index >= 15 is 0 Å². The average molecular weight is 330 g/mol. The number of nitrogens with one attached hydrogen (secondary N) is 2. The van der Waals surface area contributed by atoms with E-state index in [4.69, 9.17) is 0 Å². The molecular formula is C17H15FN2O2S. The SMILES string of the molecule is CC(C(=O)Nc1ccc(F)cc1)C1Sc2ccccc2NC1=O. The second-order valence-corrected chi connectivity index (χ2v) is 6.49. The fraction of sp³-hybridized carbons (Fsp3) is 0.176. The Kier molecular flexibility index (Phi) is 4.34. The maximum absolute atomic E-state index is 12.9. The summed E-state index contributed by atoms with van der Waals surface area (Å²) in [6.07, 6.45) is 0. The van der Waals surface area contributed by atoms with Gasteiger partial charge in [0, 0.05) is 10.6 Å². The molecule has 1 heterocycles. The summed E-state index contributed by atoms with van der Waals surface area (Å²) in [7, 11) is 0. The molecular weight excluding hydrogens is 315 g/mol. The summed E-state index contributed by atoms with van der Waals surface area (Å²) >= 11 is 1.38. The Labute approximate surface area is 137 Å². The summed E-state index contributed by atoms with van der Waals surface area (Å²) in [6.45, 7) is 1.71. The van der Waals surface area contributed by atoms with Gasteiger partial charge in [-0.15, -0.1) is 11.8 Å². The Balaban J connectivity index is 1.72. The van der Waals surface area contributed by atoms with E-state index in [1.807, 2.05) is 24.3 Å². The van der Waals surface area contributed by atoms with E-state index in [0.29, 0.717) is 5.69 Å². The molecule has 0 radical (unpaired) electrons. The van der Waals surface area contributed by atoms with Crippen LogP contribution in [0.2, 0.25) is 0 Å². The van der Waals surface area contributed by atoms with Gasteiger partial charge in [0.1, 0.15) is 5.82 Å². The minimum absolute atomic E-state index is 0.185. The highest BCUT2D eigenvalue weighted by atomic mass is 32.2. The van der Waals surface area contributed by atoms with Gasteiger partial charge in [0.2, 0.25) is 11.8 Å². The molecule has 0 fully saturated rings. The van der Waals surface area contributed by atoms with Gasteiger partial charge in [-0.2, -0.15) is 0 Å². The predicted molar refractivity (Wildman–Crippen MR) is 88.9 cm³/mol. The third kappa shape index (κ3) is 3.37. The molecule has 4 nitrogen and oxygen atoms in total. The lowest BCUT2D eigenvalue weighted by atomic mass is 10.1. The molecule has 0 aromatic heterocycles. The smallest absolute Gasteiger partial charge is 0.238 e. The van der Waals surface area contributed by atoms with Gasteiger partial charge in [0.05, 0.1) is 16.9 Å². The number of carbonyl (C=O) groups excluding carboxylic acids is 2. The molecule has 1 aliphatic rings. The monoisotopic (exact) mass is 330 g/mol. The molecule has 2 amide bonds. The summed E-state index contributed by atoms with van der Waals surface area (Å²) in [5.41, 5.74) is 1.27. The molecule has 0 spiro atoms. The third-order valence-corrected chi connectivity index (χ3v) is 5.12. The number of rotatable bonds is 3. The highest BCUT2D eigenvalue weighted by Gasteiger charge is 2.35. The first-order valence-corrected chi connectivity index (χ1v) is 8.05. The molecule has 2 aromatic rings. The summed E-state index contributed by atoms with van der Waals surface area (Å²) in [6, 6.07) is 13.0. The normalized spacial score (nSPS) is 17.8. The number of hydrogen-bond donors (Lipinski definition) is 2. The van der Waals surface area contributed by atoms with Gasteiger partial charge in [-0.05, 0) is 36.4 Å². The van der Waals surface area contributed by atoms with Crippen molar-refractivity contribution in [3.63, 3.8) is 0 Å². The first-order chi connectivity index (χ1) is 11.0. The minimum atomic E-state index is -0.529. The van der Waals surface area contributed by atoms with Crippen molar-refractivity contribution in [3.8, 4) is 0 Å². The molecule has 1 aliphatic heterocycles. The second-order valence-electron chi connectivity index (χ2n) is 5.31. The molecule has 23 heavy (non-hydrogen) atoms. The third-order valence-electron chi connectivity index (χ3n) is 3.64. The van der Waals surface area contributed by atoms with Crippen molar-refractivity contribution in [3.05, 3.63) is 54.3 Å². The van der Waals surface area contributed by atoms with Crippen LogP contribution in [0.5, 0.6) is 0 Å². The molecule has 3 rings (SSSR count). The lowest BCUT2D eigenvalue weighted by Crippen LogP contribution is -2.39. The van der Waals surface area contributed by atoms with Crippen LogP contribution in [0.1, 0.15) is 6.92 Å². The Bertz CT molecular complexity index is 749. The molecule has 6 heteroatoms. The Morgan fingerprint density at radius 2 is 1.91 bits per heavy atom. The standard InChI is InChI=1S/C17H15FN2O2S/c1-10(16(21)19-12-8-6-11(18)7-9-12)15-17(22)20-13-4-2-3-5-14(13)23-15/h2-10,15H,1H3,(H,19,21)(H,20,22). The van der Waals surface area contributed by atoms with Gasteiger partial charge in [-0.25, -0.2) is 4.39 Å². The summed E-state index contributed by atoms with van der Waals surface area (Å²) < 4.78 is 12.9.